The van der Waals surface area contributed by atoms with Crippen LogP contribution in [0.5, 0.6) is 0 Å². The van der Waals surface area contributed by atoms with E-state index in [0.717, 1.165) is 5.56 Å². The lowest BCUT2D eigenvalue weighted by atomic mass is 9.94. The lowest BCUT2D eigenvalue weighted by molar-refractivity contribution is -0.192. The summed E-state index contributed by atoms with van der Waals surface area (Å²) >= 11 is 0. The maximum absolute atomic E-state index is 11.5. The largest absolute Gasteiger partial charge is 0.490 e. The van der Waals surface area contributed by atoms with Gasteiger partial charge < -0.3 is 16.2 Å². The van der Waals surface area contributed by atoms with Crippen molar-refractivity contribution in [3.8, 4) is 0 Å². The second kappa shape index (κ2) is 10.0. The van der Waals surface area contributed by atoms with Crippen LogP contribution < -0.4 is 11.1 Å². The van der Waals surface area contributed by atoms with Crippen LogP contribution in [0, 0.1) is 0 Å². The maximum atomic E-state index is 11.5. The standard InChI is InChI=1S/C15H22N2O.C2HF3O2/c16-15(18)14(11-12-7-3-1-4-8-12)17-13-9-5-2-6-10-13;3-2(4,5)1(6)7/h1,3-4,7-8,13-14,17H,2,5-6,9-11H2,(H2,16,18);(H,6,7)/t14-;/m0./s1. The summed E-state index contributed by atoms with van der Waals surface area (Å²) in [5.41, 5.74) is 6.66. The Bertz CT molecular complexity index is 544. The fraction of sp³-hybridized carbons (Fsp3) is 0.529. The highest BCUT2D eigenvalue weighted by atomic mass is 19.4. The number of carbonyl (C=O) groups excluding carboxylic acids is 1. The number of rotatable bonds is 5. The Morgan fingerprint density at radius 2 is 1.68 bits per heavy atom. The van der Waals surface area contributed by atoms with Gasteiger partial charge in [0.15, 0.2) is 0 Å². The molecule has 8 heteroatoms. The van der Waals surface area contributed by atoms with Crippen molar-refractivity contribution in [2.75, 3.05) is 0 Å². The molecule has 1 aliphatic rings. The van der Waals surface area contributed by atoms with Crippen LogP contribution in [0.1, 0.15) is 37.7 Å². The Balaban J connectivity index is 0.000000381. The fourth-order valence-electron chi connectivity index (χ4n) is 2.65. The van der Waals surface area contributed by atoms with Gasteiger partial charge in [0.2, 0.25) is 5.91 Å². The zero-order valence-corrected chi connectivity index (χ0v) is 13.8. The van der Waals surface area contributed by atoms with Gasteiger partial charge in [0.25, 0.3) is 0 Å². The molecule has 1 aromatic rings. The minimum absolute atomic E-state index is 0.240. The molecule has 1 aromatic carbocycles. The number of carboxylic acids is 1. The third-order valence-electron chi connectivity index (χ3n) is 3.91. The van der Waals surface area contributed by atoms with Crippen LogP contribution in [0.25, 0.3) is 0 Å². The molecule has 1 fully saturated rings. The summed E-state index contributed by atoms with van der Waals surface area (Å²) in [7, 11) is 0. The Morgan fingerprint density at radius 3 is 2.12 bits per heavy atom. The van der Waals surface area contributed by atoms with Gasteiger partial charge in [0, 0.05) is 6.04 Å². The normalized spacial score (nSPS) is 16.4. The van der Waals surface area contributed by atoms with Crippen molar-refractivity contribution in [1.82, 2.24) is 5.32 Å². The van der Waals surface area contributed by atoms with E-state index in [4.69, 9.17) is 15.6 Å². The number of primary amides is 1. The van der Waals surface area contributed by atoms with Gasteiger partial charge in [-0.1, -0.05) is 49.6 Å². The number of amides is 1. The van der Waals surface area contributed by atoms with E-state index in [9.17, 15) is 18.0 Å². The minimum Gasteiger partial charge on any atom is -0.475 e. The molecule has 0 spiro atoms. The summed E-state index contributed by atoms with van der Waals surface area (Å²) in [6.45, 7) is 0. The summed E-state index contributed by atoms with van der Waals surface area (Å²) < 4.78 is 31.7. The molecule has 2 rings (SSSR count). The van der Waals surface area contributed by atoms with Gasteiger partial charge in [0.1, 0.15) is 0 Å². The SMILES string of the molecule is NC(=O)[C@H](Cc1ccccc1)NC1CCCCC1.O=C(O)C(F)(F)F. The third-order valence-corrected chi connectivity index (χ3v) is 3.91. The Morgan fingerprint density at radius 1 is 1.16 bits per heavy atom. The topological polar surface area (TPSA) is 92.4 Å². The van der Waals surface area contributed by atoms with Crippen molar-refractivity contribution in [1.29, 1.82) is 0 Å². The van der Waals surface area contributed by atoms with E-state index >= 15 is 0 Å². The lowest BCUT2D eigenvalue weighted by Crippen LogP contribution is -2.48. The van der Waals surface area contributed by atoms with Crippen molar-refractivity contribution in [3.63, 3.8) is 0 Å². The number of benzene rings is 1. The summed E-state index contributed by atoms with van der Waals surface area (Å²) in [6.07, 6.45) is 1.77. The lowest BCUT2D eigenvalue weighted by Gasteiger charge is -2.27. The van der Waals surface area contributed by atoms with Crippen LogP contribution >= 0.6 is 0 Å². The maximum Gasteiger partial charge on any atom is 0.490 e. The monoisotopic (exact) mass is 360 g/mol. The predicted molar refractivity (Wildman–Crippen MR) is 86.8 cm³/mol. The number of alkyl halides is 3. The Kier molecular flexibility index (Phi) is 8.40. The molecular weight excluding hydrogens is 337 g/mol. The number of nitrogens with one attached hydrogen (secondary N) is 1. The molecule has 1 aliphatic carbocycles. The van der Waals surface area contributed by atoms with Crippen LogP contribution in [0.15, 0.2) is 30.3 Å². The van der Waals surface area contributed by atoms with E-state index < -0.39 is 12.1 Å². The van der Waals surface area contributed by atoms with Gasteiger partial charge >= 0.3 is 12.1 Å². The molecule has 0 aromatic heterocycles. The number of halogens is 3. The fourth-order valence-corrected chi connectivity index (χ4v) is 2.65. The molecule has 4 N–H and O–H groups in total. The molecule has 0 radical (unpaired) electrons. The molecule has 1 saturated carbocycles. The van der Waals surface area contributed by atoms with Crippen LogP contribution in [0.2, 0.25) is 0 Å². The van der Waals surface area contributed by atoms with Crippen molar-refractivity contribution >= 4 is 11.9 Å². The van der Waals surface area contributed by atoms with Crippen molar-refractivity contribution in [2.45, 2.75) is 56.8 Å². The quantitative estimate of drug-likeness (QED) is 0.753. The van der Waals surface area contributed by atoms with Gasteiger partial charge in [-0.15, -0.1) is 0 Å². The second-order valence-electron chi connectivity index (χ2n) is 5.95. The molecular formula is C17H23F3N2O3. The highest BCUT2D eigenvalue weighted by Crippen LogP contribution is 2.18. The molecule has 1 atom stereocenters. The van der Waals surface area contributed by atoms with E-state index in [1.807, 2.05) is 30.3 Å². The average Bonchev–Trinajstić information content (AvgIpc) is 2.56. The first-order chi connectivity index (χ1) is 11.7. The summed E-state index contributed by atoms with van der Waals surface area (Å²) in [6, 6.07) is 10.3. The highest BCUT2D eigenvalue weighted by molar-refractivity contribution is 5.80. The average molecular weight is 360 g/mol. The van der Waals surface area contributed by atoms with Crippen molar-refractivity contribution < 1.29 is 27.9 Å². The van der Waals surface area contributed by atoms with Crippen LogP contribution in [-0.4, -0.2) is 35.2 Å². The highest BCUT2D eigenvalue weighted by Gasteiger charge is 2.38. The number of nitrogens with two attached hydrogens (primary N) is 1. The van der Waals surface area contributed by atoms with E-state index in [0.29, 0.717) is 12.5 Å². The predicted octanol–water partition coefficient (Wildman–Crippen LogP) is 2.64. The zero-order chi connectivity index (χ0) is 18.9. The van der Waals surface area contributed by atoms with Crippen molar-refractivity contribution in [2.24, 2.45) is 5.73 Å². The van der Waals surface area contributed by atoms with Crippen LogP contribution in [0.4, 0.5) is 13.2 Å². The summed E-state index contributed by atoms with van der Waals surface area (Å²) in [5, 5.41) is 10.6. The number of hydrogen-bond acceptors (Lipinski definition) is 3. The molecule has 1 amide bonds. The van der Waals surface area contributed by atoms with Crippen LogP contribution in [-0.2, 0) is 16.0 Å². The van der Waals surface area contributed by atoms with E-state index in [-0.39, 0.29) is 11.9 Å². The first kappa shape index (κ1) is 21.0. The first-order valence-electron chi connectivity index (χ1n) is 8.09. The molecule has 0 heterocycles. The zero-order valence-electron chi connectivity index (χ0n) is 13.8. The molecule has 0 unspecified atom stereocenters. The minimum atomic E-state index is -5.08. The molecule has 5 nitrogen and oxygen atoms in total. The van der Waals surface area contributed by atoms with Gasteiger partial charge in [0.05, 0.1) is 6.04 Å². The number of carbonyl (C=O) groups is 2. The summed E-state index contributed by atoms with van der Waals surface area (Å²) in [4.78, 5) is 20.4. The van der Waals surface area contributed by atoms with E-state index in [2.05, 4.69) is 5.32 Å². The van der Waals surface area contributed by atoms with E-state index in [1.165, 1.54) is 32.1 Å². The van der Waals surface area contributed by atoms with Gasteiger partial charge in [-0.3, -0.25) is 4.79 Å². The van der Waals surface area contributed by atoms with Crippen LogP contribution in [0.3, 0.4) is 0 Å². The van der Waals surface area contributed by atoms with E-state index in [1.54, 1.807) is 0 Å². The number of hydrogen-bond donors (Lipinski definition) is 3. The Hall–Kier alpha value is -2.09. The molecule has 0 bridgehead atoms. The molecule has 140 valence electrons. The second-order valence-corrected chi connectivity index (χ2v) is 5.95. The third kappa shape index (κ3) is 8.53. The van der Waals surface area contributed by atoms with Gasteiger partial charge in [-0.05, 0) is 24.8 Å². The van der Waals surface area contributed by atoms with Crippen molar-refractivity contribution in [3.05, 3.63) is 35.9 Å². The first-order valence-corrected chi connectivity index (χ1v) is 8.09. The smallest absolute Gasteiger partial charge is 0.475 e. The molecule has 0 aliphatic heterocycles. The summed E-state index contributed by atoms with van der Waals surface area (Å²) in [5.74, 6) is -3.00. The Labute approximate surface area is 144 Å². The molecule has 25 heavy (non-hydrogen) atoms. The van der Waals surface area contributed by atoms with Gasteiger partial charge in [-0.2, -0.15) is 13.2 Å². The number of carboxylic acid groups (broad SMARTS) is 1. The number of aliphatic carboxylic acids is 1. The van der Waals surface area contributed by atoms with Gasteiger partial charge in [-0.25, -0.2) is 4.79 Å². The molecule has 0 saturated heterocycles.